The van der Waals surface area contributed by atoms with Gasteiger partial charge in [-0.1, -0.05) is 23.5 Å². The molecule has 0 N–H and O–H groups in total. The monoisotopic (exact) mass is 398 g/mol. The second-order valence-corrected chi connectivity index (χ2v) is 6.62. The van der Waals surface area contributed by atoms with Gasteiger partial charge in [-0.25, -0.2) is 4.39 Å². The number of carbonyl (C=O) groups is 1. The molecule has 0 spiro atoms. The minimum Gasteiger partial charge on any atom is -0.383 e. The molecule has 0 unspecified atom stereocenters. The van der Waals surface area contributed by atoms with E-state index in [4.69, 9.17) is 4.74 Å². The van der Waals surface area contributed by atoms with E-state index in [0.717, 1.165) is 29.5 Å². The minimum atomic E-state index is -4.56. The van der Waals surface area contributed by atoms with E-state index in [2.05, 4.69) is 4.99 Å². The molecule has 27 heavy (non-hydrogen) atoms. The largest absolute Gasteiger partial charge is 0.416 e. The highest BCUT2D eigenvalue weighted by Crippen LogP contribution is 2.29. The molecule has 3 rings (SSSR count). The zero-order valence-corrected chi connectivity index (χ0v) is 14.9. The molecule has 0 aliphatic heterocycles. The number of aromatic nitrogens is 1. The molecule has 0 fully saturated rings. The molecular formula is C18H14F4N2O2S. The van der Waals surface area contributed by atoms with Crippen LogP contribution in [-0.4, -0.2) is 24.2 Å². The maximum Gasteiger partial charge on any atom is 0.416 e. The number of fused-ring (bicyclic) bond motifs is 1. The summed E-state index contributed by atoms with van der Waals surface area (Å²) < 4.78 is 59.8. The lowest BCUT2D eigenvalue weighted by Crippen LogP contribution is -2.20. The molecule has 0 atom stereocenters. The van der Waals surface area contributed by atoms with E-state index in [0.29, 0.717) is 4.70 Å². The standard InChI is InChI=1S/C18H14F4N2O2S/c1-26-9-8-24-15-13(19)6-3-7-14(15)27-17(24)23-16(25)11-4-2-5-12(10-11)18(20,21)22/h2-7,10H,8-9H2,1H3. The lowest BCUT2D eigenvalue weighted by molar-refractivity contribution is -0.137. The molecule has 0 bridgehead atoms. The normalized spacial score (nSPS) is 12.7. The first-order chi connectivity index (χ1) is 12.8. The van der Waals surface area contributed by atoms with Crippen LogP contribution < -0.4 is 4.80 Å². The van der Waals surface area contributed by atoms with Crippen molar-refractivity contribution in [2.45, 2.75) is 12.7 Å². The third kappa shape index (κ3) is 4.09. The number of hydrogen-bond donors (Lipinski definition) is 0. The summed E-state index contributed by atoms with van der Waals surface area (Å²) in [6.07, 6.45) is -4.56. The highest BCUT2D eigenvalue weighted by atomic mass is 32.1. The zero-order chi connectivity index (χ0) is 19.6. The number of alkyl halides is 3. The van der Waals surface area contributed by atoms with Crippen LogP contribution in [0.5, 0.6) is 0 Å². The van der Waals surface area contributed by atoms with Crippen LogP contribution in [0.3, 0.4) is 0 Å². The van der Waals surface area contributed by atoms with Crippen molar-refractivity contribution in [1.29, 1.82) is 0 Å². The molecule has 1 amide bonds. The summed E-state index contributed by atoms with van der Waals surface area (Å²) >= 11 is 1.08. The summed E-state index contributed by atoms with van der Waals surface area (Å²) in [6, 6.07) is 8.54. The van der Waals surface area contributed by atoms with E-state index >= 15 is 0 Å². The number of thiazole rings is 1. The summed E-state index contributed by atoms with van der Waals surface area (Å²) in [7, 11) is 1.48. The summed E-state index contributed by atoms with van der Waals surface area (Å²) in [5.74, 6) is -1.31. The molecule has 4 nitrogen and oxygen atoms in total. The predicted octanol–water partition coefficient (Wildman–Crippen LogP) is 4.25. The smallest absolute Gasteiger partial charge is 0.383 e. The number of benzene rings is 2. The predicted molar refractivity (Wildman–Crippen MR) is 93.0 cm³/mol. The molecule has 0 saturated heterocycles. The Balaban J connectivity index is 2.10. The van der Waals surface area contributed by atoms with Crippen LogP contribution in [0.15, 0.2) is 47.5 Å². The molecular weight excluding hydrogens is 384 g/mol. The van der Waals surface area contributed by atoms with Crippen molar-refractivity contribution in [2.75, 3.05) is 13.7 Å². The van der Waals surface area contributed by atoms with Gasteiger partial charge >= 0.3 is 6.18 Å². The van der Waals surface area contributed by atoms with Crippen molar-refractivity contribution < 1.29 is 27.1 Å². The van der Waals surface area contributed by atoms with Crippen molar-refractivity contribution in [1.82, 2.24) is 4.57 Å². The van der Waals surface area contributed by atoms with Gasteiger partial charge in [0.25, 0.3) is 5.91 Å². The maximum absolute atomic E-state index is 14.2. The number of para-hydroxylation sites is 1. The Morgan fingerprint density at radius 2 is 1.96 bits per heavy atom. The second-order valence-electron chi connectivity index (χ2n) is 5.61. The molecule has 3 aromatic rings. The van der Waals surface area contributed by atoms with E-state index in [1.807, 2.05) is 0 Å². The summed E-state index contributed by atoms with van der Waals surface area (Å²) in [4.78, 5) is 16.5. The fraction of sp³-hybridized carbons (Fsp3) is 0.222. The molecule has 0 aliphatic rings. The lowest BCUT2D eigenvalue weighted by Gasteiger charge is -2.07. The van der Waals surface area contributed by atoms with E-state index < -0.39 is 23.5 Å². The van der Waals surface area contributed by atoms with Crippen LogP contribution in [0.4, 0.5) is 17.6 Å². The van der Waals surface area contributed by atoms with Crippen molar-refractivity contribution in [3.8, 4) is 0 Å². The van der Waals surface area contributed by atoms with Crippen molar-refractivity contribution in [3.63, 3.8) is 0 Å². The van der Waals surface area contributed by atoms with Gasteiger partial charge in [0.05, 0.1) is 22.4 Å². The van der Waals surface area contributed by atoms with E-state index in [-0.39, 0.29) is 29.0 Å². The van der Waals surface area contributed by atoms with E-state index in [9.17, 15) is 22.4 Å². The van der Waals surface area contributed by atoms with E-state index in [1.165, 1.54) is 29.9 Å². The molecule has 142 valence electrons. The Kier molecular flexibility index (Phi) is 5.43. The number of ether oxygens (including phenoxy) is 1. The summed E-state index contributed by atoms with van der Waals surface area (Å²) in [6.45, 7) is 0.497. The maximum atomic E-state index is 14.2. The molecule has 0 aliphatic carbocycles. The van der Waals surface area contributed by atoms with Gasteiger partial charge in [0, 0.05) is 19.2 Å². The Hall–Kier alpha value is -2.52. The van der Waals surface area contributed by atoms with Gasteiger partial charge in [-0.2, -0.15) is 18.2 Å². The Labute approximate surface area is 155 Å². The molecule has 0 radical (unpaired) electrons. The third-order valence-corrected chi connectivity index (χ3v) is 4.85. The quantitative estimate of drug-likeness (QED) is 0.617. The van der Waals surface area contributed by atoms with Crippen LogP contribution in [0, 0.1) is 5.82 Å². The minimum absolute atomic E-state index is 0.189. The van der Waals surface area contributed by atoms with Crippen LogP contribution in [0.2, 0.25) is 0 Å². The Morgan fingerprint density at radius 1 is 1.22 bits per heavy atom. The lowest BCUT2D eigenvalue weighted by atomic mass is 10.1. The van der Waals surface area contributed by atoms with Gasteiger partial charge in [0.2, 0.25) is 0 Å². The third-order valence-electron chi connectivity index (χ3n) is 3.80. The molecule has 2 aromatic carbocycles. The fourth-order valence-corrected chi connectivity index (χ4v) is 3.61. The molecule has 1 aromatic heterocycles. The van der Waals surface area contributed by atoms with Crippen molar-refractivity contribution in [2.24, 2.45) is 4.99 Å². The number of rotatable bonds is 4. The SMILES string of the molecule is COCCn1c(=NC(=O)c2cccc(C(F)(F)F)c2)sc2cccc(F)c21. The summed E-state index contributed by atoms with van der Waals surface area (Å²) in [5, 5.41) is 0. The van der Waals surface area contributed by atoms with Crippen LogP contribution in [-0.2, 0) is 17.5 Å². The second kappa shape index (κ2) is 7.61. The van der Waals surface area contributed by atoms with Gasteiger partial charge < -0.3 is 9.30 Å². The van der Waals surface area contributed by atoms with Crippen molar-refractivity contribution in [3.05, 3.63) is 64.2 Å². The average molecular weight is 398 g/mol. The van der Waals surface area contributed by atoms with Gasteiger partial charge in [0.15, 0.2) is 4.80 Å². The van der Waals surface area contributed by atoms with Gasteiger partial charge in [0.1, 0.15) is 5.82 Å². The fourth-order valence-electron chi connectivity index (χ4n) is 2.54. The molecule has 1 heterocycles. The van der Waals surface area contributed by atoms with Crippen LogP contribution in [0.25, 0.3) is 10.2 Å². The van der Waals surface area contributed by atoms with Gasteiger partial charge in [-0.3, -0.25) is 4.79 Å². The Morgan fingerprint density at radius 3 is 2.67 bits per heavy atom. The number of hydrogen-bond acceptors (Lipinski definition) is 3. The first-order valence-electron chi connectivity index (χ1n) is 7.84. The van der Waals surface area contributed by atoms with Gasteiger partial charge in [-0.05, 0) is 30.3 Å². The number of carbonyl (C=O) groups excluding carboxylic acids is 1. The zero-order valence-electron chi connectivity index (χ0n) is 14.1. The summed E-state index contributed by atoms with van der Waals surface area (Å²) in [5.41, 5.74) is -0.852. The number of halogens is 4. The van der Waals surface area contributed by atoms with Crippen LogP contribution in [0.1, 0.15) is 15.9 Å². The average Bonchev–Trinajstić information content (AvgIpc) is 2.97. The first kappa shape index (κ1) is 19.2. The van der Waals surface area contributed by atoms with Gasteiger partial charge in [-0.15, -0.1) is 0 Å². The molecule has 0 saturated carbocycles. The highest BCUT2D eigenvalue weighted by molar-refractivity contribution is 7.16. The number of methoxy groups -OCH3 is 1. The topological polar surface area (TPSA) is 43.6 Å². The first-order valence-corrected chi connectivity index (χ1v) is 8.66. The van der Waals surface area contributed by atoms with E-state index in [1.54, 1.807) is 6.07 Å². The Bertz CT molecular complexity index is 1050. The molecule has 9 heteroatoms. The number of nitrogens with zero attached hydrogens (tertiary/aromatic N) is 2. The highest BCUT2D eigenvalue weighted by Gasteiger charge is 2.30. The van der Waals surface area contributed by atoms with Crippen LogP contribution >= 0.6 is 11.3 Å². The number of amides is 1. The van der Waals surface area contributed by atoms with Crippen molar-refractivity contribution >= 4 is 27.5 Å².